The van der Waals surface area contributed by atoms with E-state index in [1.165, 1.54) is 0 Å². The average molecular weight is 327 g/mol. The molecule has 122 valence electrons. The third-order valence-corrected chi connectivity index (χ3v) is 3.86. The fourth-order valence-corrected chi connectivity index (χ4v) is 2.75. The molecule has 0 spiro atoms. The van der Waals surface area contributed by atoms with Crippen molar-refractivity contribution >= 4 is 17.5 Å². The zero-order valence-corrected chi connectivity index (χ0v) is 14.1. The van der Waals surface area contributed by atoms with Crippen molar-refractivity contribution in [2.45, 2.75) is 26.3 Å². The van der Waals surface area contributed by atoms with Gasteiger partial charge in [0.2, 0.25) is 0 Å². The highest BCUT2D eigenvalue weighted by molar-refractivity contribution is 6.32. The maximum atomic E-state index is 12.6. The summed E-state index contributed by atoms with van der Waals surface area (Å²) < 4.78 is 10.9. The van der Waals surface area contributed by atoms with Gasteiger partial charge in [-0.1, -0.05) is 18.5 Å². The van der Waals surface area contributed by atoms with Crippen LogP contribution in [-0.2, 0) is 0 Å². The fourth-order valence-electron chi connectivity index (χ4n) is 2.49. The van der Waals surface area contributed by atoms with Crippen LogP contribution >= 0.6 is 11.6 Å². The molecule has 1 N–H and O–H groups in total. The largest absolute Gasteiger partial charge is 0.493 e. The van der Waals surface area contributed by atoms with E-state index in [2.05, 4.69) is 12.2 Å². The normalized spacial score (nSPS) is 18.2. The molecule has 1 fully saturated rings. The molecule has 5 nitrogen and oxygen atoms in total. The number of amides is 1. The van der Waals surface area contributed by atoms with E-state index in [-0.39, 0.29) is 5.91 Å². The maximum Gasteiger partial charge on any atom is 0.254 e. The van der Waals surface area contributed by atoms with Crippen LogP contribution in [0.1, 0.15) is 30.6 Å². The van der Waals surface area contributed by atoms with Gasteiger partial charge in [0, 0.05) is 31.2 Å². The number of carbonyl (C=O) groups is 1. The van der Waals surface area contributed by atoms with Gasteiger partial charge in [-0.15, -0.1) is 0 Å². The Labute approximate surface area is 136 Å². The van der Waals surface area contributed by atoms with E-state index in [4.69, 9.17) is 21.1 Å². The predicted molar refractivity (Wildman–Crippen MR) is 87.2 cm³/mol. The number of benzene rings is 1. The highest BCUT2D eigenvalue weighted by Crippen LogP contribution is 2.36. The molecule has 1 heterocycles. The number of hydrogen-bond donors (Lipinski definition) is 1. The third-order valence-electron chi connectivity index (χ3n) is 3.58. The van der Waals surface area contributed by atoms with E-state index in [1.807, 2.05) is 11.8 Å². The number of carbonyl (C=O) groups excluding carboxylic acids is 1. The fraction of sp³-hybridized carbons (Fsp3) is 0.562. The van der Waals surface area contributed by atoms with Crippen LogP contribution in [0.3, 0.4) is 0 Å². The first-order valence-corrected chi connectivity index (χ1v) is 7.97. The van der Waals surface area contributed by atoms with Gasteiger partial charge in [-0.2, -0.15) is 0 Å². The van der Waals surface area contributed by atoms with Crippen molar-refractivity contribution in [3.63, 3.8) is 0 Å². The van der Waals surface area contributed by atoms with E-state index >= 15 is 0 Å². The average Bonchev–Trinajstić information content (AvgIpc) is 2.52. The van der Waals surface area contributed by atoms with Gasteiger partial charge < -0.3 is 19.7 Å². The Morgan fingerprint density at radius 3 is 2.91 bits per heavy atom. The Hall–Kier alpha value is -1.46. The van der Waals surface area contributed by atoms with E-state index in [0.29, 0.717) is 47.8 Å². The number of nitrogens with one attached hydrogen (secondary N) is 1. The van der Waals surface area contributed by atoms with Crippen molar-refractivity contribution in [1.82, 2.24) is 10.2 Å². The molecule has 1 saturated heterocycles. The van der Waals surface area contributed by atoms with Gasteiger partial charge in [0.25, 0.3) is 5.91 Å². The molecule has 1 aromatic carbocycles. The summed E-state index contributed by atoms with van der Waals surface area (Å²) in [5.74, 6) is 0.958. The summed E-state index contributed by atoms with van der Waals surface area (Å²) in [5, 5.41) is 3.72. The molecule has 1 aromatic rings. The van der Waals surface area contributed by atoms with Crippen molar-refractivity contribution in [1.29, 1.82) is 0 Å². The second-order valence-corrected chi connectivity index (χ2v) is 5.85. The summed E-state index contributed by atoms with van der Waals surface area (Å²) >= 11 is 6.27. The van der Waals surface area contributed by atoms with Crippen LogP contribution in [-0.4, -0.2) is 50.2 Å². The number of hydrogen-bond acceptors (Lipinski definition) is 4. The zero-order chi connectivity index (χ0) is 16.1. The Morgan fingerprint density at radius 1 is 1.50 bits per heavy atom. The molecule has 2 rings (SSSR count). The van der Waals surface area contributed by atoms with Crippen LogP contribution in [0.5, 0.6) is 11.5 Å². The van der Waals surface area contributed by atoms with Crippen LogP contribution in [0.4, 0.5) is 0 Å². The van der Waals surface area contributed by atoms with Gasteiger partial charge in [0.05, 0.1) is 18.7 Å². The molecule has 22 heavy (non-hydrogen) atoms. The minimum Gasteiger partial charge on any atom is -0.493 e. The number of methoxy groups -OCH3 is 1. The molecule has 1 aliphatic rings. The van der Waals surface area contributed by atoms with E-state index in [0.717, 1.165) is 13.0 Å². The topological polar surface area (TPSA) is 50.8 Å². The zero-order valence-electron chi connectivity index (χ0n) is 13.3. The smallest absolute Gasteiger partial charge is 0.254 e. The molecule has 1 unspecified atom stereocenters. The van der Waals surface area contributed by atoms with Crippen molar-refractivity contribution < 1.29 is 14.3 Å². The second kappa shape index (κ2) is 7.70. The molecule has 0 bridgehead atoms. The van der Waals surface area contributed by atoms with Gasteiger partial charge in [-0.3, -0.25) is 4.79 Å². The Balaban J connectivity index is 2.24. The number of ether oxygens (including phenoxy) is 2. The van der Waals surface area contributed by atoms with Crippen molar-refractivity contribution in [2.75, 3.05) is 33.4 Å². The summed E-state index contributed by atoms with van der Waals surface area (Å²) in [6, 6.07) is 3.65. The molecular weight excluding hydrogens is 304 g/mol. The predicted octanol–water partition coefficient (Wildman–Crippen LogP) is 2.57. The number of rotatable bonds is 5. The standard InChI is InChI=1S/C16H23ClN2O3/c1-4-7-22-15-13(17)8-12(9-14(15)21-3)16(20)19-6-5-18-11(2)10-19/h8-9,11,18H,4-7,10H2,1-3H3. The Morgan fingerprint density at radius 2 is 2.27 bits per heavy atom. The van der Waals surface area contributed by atoms with Gasteiger partial charge >= 0.3 is 0 Å². The van der Waals surface area contributed by atoms with Crippen LogP contribution in [0.15, 0.2) is 12.1 Å². The molecule has 1 amide bonds. The van der Waals surface area contributed by atoms with Gasteiger partial charge in [0.15, 0.2) is 11.5 Å². The minimum absolute atomic E-state index is 0.0319. The first-order chi connectivity index (χ1) is 10.6. The van der Waals surface area contributed by atoms with Gasteiger partial charge in [-0.25, -0.2) is 0 Å². The van der Waals surface area contributed by atoms with Crippen LogP contribution < -0.4 is 14.8 Å². The molecule has 0 aliphatic carbocycles. The van der Waals surface area contributed by atoms with E-state index in [9.17, 15) is 4.79 Å². The molecule has 0 saturated carbocycles. The molecule has 6 heteroatoms. The van der Waals surface area contributed by atoms with Gasteiger partial charge in [0.1, 0.15) is 0 Å². The second-order valence-electron chi connectivity index (χ2n) is 5.44. The summed E-state index contributed by atoms with van der Waals surface area (Å²) in [5.41, 5.74) is 0.528. The SMILES string of the molecule is CCCOc1c(Cl)cc(C(=O)N2CCNC(C)C2)cc1OC. The van der Waals surface area contributed by atoms with Gasteiger partial charge in [-0.05, 0) is 25.5 Å². The van der Waals surface area contributed by atoms with E-state index < -0.39 is 0 Å². The molecule has 1 atom stereocenters. The summed E-state index contributed by atoms with van der Waals surface area (Å²) in [7, 11) is 1.55. The molecular formula is C16H23ClN2O3. The molecule has 0 radical (unpaired) electrons. The summed E-state index contributed by atoms with van der Waals surface area (Å²) in [6.45, 7) is 6.82. The number of halogens is 1. The first-order valence-electron chi connectivity index (χ1n) is 7.59. The first kappa shape index (κ1) is 16.9. The minimum atomic E-state index is -0.0319. The highest BCUT2D eigenvalue weighted by Gasteiger charge is 2.23. The lowest BCUT2D eigenvalue weighted by Crippen LogP contribution is -2.51. The summed E-state index contributed by atoms with van der Waals surface area (Å²) in [4.78, 5) is 14.5. The van der Waals surface area contributed by atoms with Crippen molar-refractivity contribution in [3.05, 3.63) is 22.7 Å². The van der Waals surface area contributed by atoms with Crippen molar-refractivity contribution in [3.8, 4) is 11.5 Å². The number of piperazine rings is 1. The van der Waals surface area contributed by atoms with Crippen LogP contribution in [0, 0.1) is 0 Å². The lowest BCUT2D eigenvalue weighted by molar-refractivity contribution is 0.0708. The van der Waals surface area contributed by atoms with Crippen LogP contribution in [0.25, 0.3) is 0 Å². The number of nitrogens with zero attached hydrogens (tertiary/aromatic N) is 1. The molecule has 1 aliphatic heterocycles. The third kappa shape index (κ3) is 3.84. The lowest BCUT2D eigenvalue weighted by Gasteiger charge is -2.32. The Kier molecular flexibility index (Phi) is 5.91. The quantitative estimate of drug-likeness (QED) is 0.903. The maximum absolute atomic E-state index is 12.6. The van der Waals surface area contributed by atoms with Crippen molar-refractivity contribution in [2.24, 2.45) is 0 Å². The molecule has 0 aromatic heterocycles. The monoisotopic (exact) mass is 326 g/mol. The van der Waals surface area contributed by atoms with E-state index in [1.54, 1.807) is 19.2 Å². The highest BCUT2D eigenvalue weighted by atomic mass is 35.5. The lowest BCUT2D eigenvalue weighted by atomic mass is 10.1. The van der Waals surface area contributed by atoms with Crippen LogP contribution in [0.2, 0.25) is 5.02 Å². The Bertz CT molecular complexity index is 536. The summed E-state index contributed by atoms with van der Waals surface area (Å²) in [6.07, 6.45) is 0.874.